The van der Waals surface area contributed by atoms with Gasteiger partial charge in [-0.05, 0) is 25.1 Å². The molecule has 0 atom stereocenters. The van der Waals surface area contributed by atoms with Crippen molar-refractivity contribution in [2.45, 2.75) is 20.0 Å². The molecular formula is C21H21FN2O5. The van der Waals surface area contributed by atoms with Gasteiger partial charge in [0.05, 0.1) is 25.8 Å². The van der Waals surface area contributed by atoms with E-state index in [9.17, 15) is 14.0 Å². The topological polar surface area (TPSA) is 78.8 Å². The highest BCUT2D eigenvalue weighted by Gasteiger charge is 2.17. The molecule has 3 rings (SSSR count). The van der Waals surface area contributed by atoms with Crippen LogP contribution in [0, 0.1) is 5.82 Å². The van der Waals surface area contributed by atoms with Crippen LogP contribution in [0.3, 0.4) is 0 Å². The predicted molar refractivity (Wildman–Crippen MR) is 106 cm³/mol. The van der Waals surface area contributed by atoms with Gasteiger partial charge in [0.2, 0.25) is 0 Å². The molecule has 0 bridgehead atoms. The molecule has 1 aromatic heterocycles. The van der Waals surface area contributed by atoms with E-state index < -0.39 is 11.9 Å². The van der Waals surface area contributed by atoms with E-state index in [1.54, 1.807) is 37.3 Å². The van der Waals surface area contributed by atoms with Crippen LogP contribution in [0.15, 0.2) is 47.4 Å². The minimum atomic E-state index is -0.773. The molecule has 0 saturated carbocycles. The van der Waals surface area contributed by atoms with Gasteiger partial charge in [0.25, 0.3) is 5.56 Å². The average molecular weight is 400 g/mol. The van der Waals surface area contributed by atoms with Gasteiger partial charge in [-0.3, -0.25) is 4.79 Å². The predicted octanol–water partition coefficient (Wildman–Crippen LogP) is 3.47. The first-order chi connectivity index (χ1) is 14.0. The molecule has 1 N–H and O–H groups in total. The summed E-state index contributed by atoms with van der Waals surface area (Å²) in [7, 11) is 2.94. The van der Waals surface area contributed by atoms with Crippen LogP contribution in [0.25, 0.3) is 10.8 Å². The number of carbonyl (C=O) groups excluding carboxylic acids is 1. The smallest absolute Gasteiger partial charge is 0.412 e. The normalized spacial score (nSPS) is 10.6. The highest BCUT2D eigenvalue weighted by atomic mass is 19.1. The highest BCUT2D eigenvalue weighted by molar-refractivity contribution is 5.92. The van der Waals surface area contributed by atoms with Crippen LogP contribution in [-0.2, 0) is 13.1 Å². The summed E-state index contributed by atoms with van der Waals surface area (Å²) in [5, 5.41) is 3.24. The van der Waals surface area contributed by atoms with Gasteiger partial charge in [0.1, 0.15) is 5.82 Å². The fraction of sp³-hybridized carbons (Fsp3) is 0.238. The van der Waals surface area contributed by atoms with Crippen LogP contribution in [0.5, 0.6) is 17.2 Å². The van der Waals surface area contributed by atoms with Crippen LogP contribution in [0.2, 0.25) is 0 Å². The maximum Gasteiger partial charge on any atom is 0.412 e. The number of nitrogens with zero attached hydrogens (tertiary/aromatic N) is 1. The molecule has 152 valence electrons. The molecule has 7 nitrogen and oxygen atoms in total. The van der Waals surface area contributed by atoms with Gasteiger partial charge in [-0.1, -0.05) is 18.2 Å². The molecule has 0 radical (unpaired) electrons. The van der Waals surface area contributed by atoms with Gasteiger partial charge < -0.3 is 24.1 Å². The van der Waals surface area contributed by atoms with E-state index >= 15 is 0 Å². The average Bonchev–Trinajstić information content (AvgIpc) is 2.74. The molecule has 0 saturated heterocycles. The lowest BCUT2D eigenvalue weighted by atomic mass is 10.1. The summed E-state index contributed by atoms with van der Waals surface area (Å²) in [6, 6.07) is 9.25. The van der Waals surface area contributed by atoms with Crippen LogP contribution < -0.4 is 25.1 Å². The number of aromatic nitrogens is 1. The largest absolute Gasteiger partial charge is 0.493 e. The number of hydrogen-bond acceptors (Lipinski definition) is 5. The summed E-state index contributed by atoms with van der Waals surface area (Å²) in [6.07, 6.45) is 0.685. The fourth-order valence-electron chi connectivity index (χ4n) is 2.95. The molecule has 0 aliphatic heterocycles. The summed E-state index contributed by atoms with van der Waals surface area (Å²) in [5.41, 5.74) is 0.0850. The third-order valence-electron chi connectivity index (χ3n) is 4.48. The summed E-state index contributed by atoms with van der Waals surface area (Å²) in [5.74, 6) is 0.536. The number of methoxy groups -OCH3 is 2. The Kier molecular flexibility index (Phi) is 6.01. The summed E-state index contributed by atoms with van der Waals surface area (Å²) in [4.78, 5) is 25.0. The zero-order valence-electron chi connectivity index (χ0n) is 16.3. The van der Waals surface area contributed by atoms with Crippen molar-refractivity contribution in [2.75, 3.05) is 14.2 Å². The number of fused-ring (bicyclic) bond motifs is 1. The van der Waals surface area contributed by atoms with Crippen molar-refractivity contribution in [3.63, 3.8) is 0 Å². The summed E-state index contributed by atoms with van der Waals surface area (Å²) < 4.78 is 31.1. The van der Waals surface area contributed by atoms with E-state index in [0.717, 1.165) is 0 Å². The Hall–Kier alpha value is -3.55. The van der Waals surface area contributed by atoms with E-state index in [1.807, 2.05) is 0 Å². The molecule has 2 aromatic carbocycles. The zero-order valence-corrected chi connectivity index (χ0v) is 16.3. The Labute approximate surface area is 166 Å². The lowest BCUT2D eigenvalue weighted by Gasteiger charge is -2.14. The van der Waals surface area contributed by atoms with Crippen molar-refractivity contribution >= 4 is 16.9 Å². The summed E-state index contributed by atoms with van der Waals surface area (Å²) >= 11 is 0. The molecule has 29 heavy (non-hydrogen) atoms. The second-order valence-electron chi connectivity index (χ2n) is 6.17. The number of pyridine rings is 1. The SMILES string of the molecule is CCn1cc(OC(=O)NCc2ccccc2F)c2cc(OC)c(OC)cc2c1=O. The van der Waals surface area contributed by atoms with Crippen LogP contribution in [0.4, 0.5) is 9.18 Å². The Bertz CT molecular complexity index is 1110. The van der Waals surface area contributed by atoms with E-state index in [4.69, 9.17) is 14.2 Å². The van der Waals surface area contributed by atoms with E-state index in [1.165, 1.54) is 31.0 Å². The van der Waals surface area contributed by atoms with Crippen molar-refractivity contribution in [1.82, 2.24) is 9.88 Å². The van der Waals surface area contributed by atoms with Crippen molar-refractivity contribution in [1.29, 1.82) is 0 Å². The van der Waals surface area contributed by atoms with E-state index in [2.05, 4.69) is 5.32 Å². The zero-order chi connectivity index (χ0) is 21.0. The quantitative estimate of drug-likeness (QED) is 0.686. The van der Waals surface area contributed by atoms with E-state index in [-0.39, 0.29) is 17.9 Å². The van der Waals surface area contributed by atoms with Gasteiger partial charge in [-0.15, -0.1) is 0 Å². The molecule has 0 aliphatic carbocycles. The van der Waals surface area contributed by atoms with Crippen LogP contribution in [-0.4, -0.2) is 24.9 Å². The first-order valence-electron chi connectivity index (χ1n) is 8.96. The van der Waals surface area contributed by atoms with Gasteiger partial charge in [-0.2, -0.15) is 0 Å². The minimum absolute atomic E-state index is 0.0337. The third-order valence-corrected chi connectivity index (χ3v) is 4.48. The minimum Gasteiger partial charge on any atom is -0.493 e. The fourth-order valence-corrected chi connectivity index (χ4v) is 2.95. The molecule has 8 heteroatoms. The van der Waals surface area contributed by atoms with Gasteiger partial charge >= 0.3 is 6.09 Å². The molecule has 0 spiro atoms. The Morgan fingerprint density at radius 1 is 1.07 bits per heavy atom. The molecule has 0 unspecified atom stereocenters. The monoisotopic (exact) mass is 400 g/mol. The first kappa shape index (κ1) is 20.2. The third kappa shape index (κ3) is 4.16. The van der Waals surface area contributed by atoms with Crippen LogP contribution >= 0.6 is 0 Å². The Balaban J connectivity index is 1.95. The van der Waals surface area contributed by atoms with Gasteiger partial charge in [0, 0.05) is 24.0 Å². The van der Waals surface area contributed by atoms with Crippen molar-refractivity contribution in [3.05, 3.63) is 64.3 Å². The maximum atomic E-state index is 13.7. The highest BCUT2D eigenvalue weighted by Crippen LogP contribution is 2.34. The first-order valence-corrected chi connectivity index (χ1v) is 8.96. The molecule has 1 heterocycles. The number of halogens is 1. The van der Waals surface area contributed by atoms with Gasteiger partial charge in [-0.25, -0.2) is 9.18 Å². The maximum absolute atomic E-state index is 13.7. The number of aryl methyl sites for hydroxylation is 1. The standard InChI is InChI=1S/C21H21FN2O5/c1-4-24-12-19(29-21(26)23-11-13-7-5-6-8-16(13)22)14-9-17(27-2)18(28-3)10-15(14)20(24)25/h5-10,12H,4,11H2,1-3H3,(H,23,26). The second-order valence-corrected chi connectivity index (χ2v) is 6.17. The molecule has 3 aromatic rings. The van der Waals surface area contributed by atoms with Crippen LogP contribution in [0.1, 0.15) is 12.5 Å². The Morgan fingerprint density at radius 3 is 2.34 bits per heavy atom. The van der Waals surface area contributed by atoms with Crippen molar-refractivity contribution < 1.29 is 23.4 Å². The number of nitrogens with one attached hydrogen (secondary N) is 1. The lowest BCUT2D eigenvalue weighted by Crippen LogP contribution is -2.28. The number of ether oxygens (including phenoxy) is 3. The molecular weight excluding hydrogens is 379 g/mol. The van der Waals surface area contributed by atoms with E-state index in [0.29, 0.717) is 34.4 Å². The van der Waals surface area contributed by atoms with Crippen molar-refractivity contribution in [3.8, 4) is 17.2 Å². The summed E-state index contributed by atoms with van der Waals surface area (Å²) in [6.45, 7) is 2.15. The number of amides is 1. The second kappa shape index (κ2) is 8.64. The van der Waals surface area contributed by atoms with Crippen molar-refractivity contribution in [2.24, 2.45) is 0 Å². The Morgan fingerprint density at radius 2 is 1.72 bits per heavy atom. The number of carbonyl (C=O) groups is 1. The van der Waals surface area contributed by atoms with Gasteiger partial charge in [0.15, 0.2) is 17.2 Å². The molecule has 0 aliphatic rings. The number of rotatable bonds is 6. The number of hydrogen-bond donors (Lipinski definition) is 1. The molecule has 1 amide bonds. The lowest BCUT2D eigenvalue weighted by molar-refractivity contribution is 0.200. The number of benzene rings is 2. The molecule has 0 fully saturated rings.